The van der Waals surface area contributed by atoms with Crippen LogP contribution in [0.5, 0.6) is 0 Å². The Balaban J connectivity index is 1.82. The van der Waals surface area contributed by atoms with E-state index in [4.69, 9.17) is 9.72 Å². The van der Waals surface area contributed by atoms with E-state index >= 15 is 0 Å². The zero-order valence-corrected chi connectivity index (χ0v) is 10.7. The fraction of sp³-hybridized carbons (Fsp3) is 0.400. The molecule has 2 aromatic rings. The molecule has 0 saturated carbocycles. The summed E-state index contributed by atoms with van der Waals surface area (Å²) in [6.07, 6.45) is 2.59. The first-order valence-electron chi connectivity index (χ1n) is 6.50. The number of aromatic nitrogens is 1. The zero-order chi connectivity index (χ0) is 12.4. The number of nitrogens with zero attached hydrogens (tertiary/aromatic N) is 2. The quantitative estimate of drug-likeness (QED) is 0.809. The Morgan fingerprint density at radius 1 is 1.11 bits per heavy atom. The Kier molecular flexibility index (Phi) is 3.15. The lowest BCUT2D eigenvalue weighted by Crippen LogP contribution is -2.37. The van der Waals surface area contributed by atoms with Gasteiger partial charge in [0.2, 0.25) is 0 Å². The largest absolute Gasteiger partial charge is 0.381 e. The van der Waals surface area contributed by atoms with Crippen molar-refractivity contribution in [3.05, 3.63) is 36.4 Å². The summed E-state index contributed by atoms with van der Waals surface area (Å²) in [7, 11) is 1.80. The minimum atomic E-state index is 0.418. The van der Waals surface area contributed by atoms with E-state index in [0.717, 1.165) is 37.3 Å². The summed E-state index contributed by atoms with van der Waals surface area (Å²) in [6, 6.07) is 12.5. The number of para-hydroxylation sites is 1. The van der Waals surface area contributed by atoms with Crippen LogP contribution in [0, 0.1) is 0 Å². The number of fused-ring (bicyclic) bond motifs is 1. The van der Waals surface area contributed by atoms with Gasteiger partial charge in [0.25, 0.3) is 0 Å². The van der Waals surface area contributed by atoms with E-state index in [1.807, 2.05) is 12.1 Å². The molecule has 0 atom stereocenters. The first-order valence-corrected chi connectivity index (χ1v) is 6.50. The summed E-state index contributed by atoms with van der Waals surface area (Å²) < 4.78 is 5.40. The van der Waals surface area contributed by atoms with Crippen LogP contribution in [-0.2, 0) is 4.74 Å². The number of pyridine rings is 1. The number of ether oxygens (including phenoxy) is 1. The van der Waals surface area contributed by atoms with Crippen molar-refractivity contribution in [3.8, 4) is 0 Å². The van der Waals surface area contributed by atoms with Crippen molar-refractivity contribution in [2.24, 2.45) is 0 Å². The number of hydrogen-bond donors (Lipinski definition) is 0. The van der Waals surface area contributed by atoms with Crippen molar-refractivity contribution >= 4 is 16.7 Å². The van der Waals surface area contributed by atoms with Crippen molar-refractivity contribution in [1.82, 2.24) is 4.98 Å². The summed E-state index contributed by atoms with van der Waals surface area (Å²) in [5, 5.41) is 1.20. The van der Waals surface area contributed by atoms with Crippen LogP contribution in [0.2, 0.25) is 0 Å². The molecule has 1 aromatic heterocycles. The molecule has 94 valence electrons. The van der Waals surface area contributed by atoms with Gasteiger partial charge in [-0.1, -0.05) is 18.2 Å². The third-order valence-corrected chi connectivity index (χ3v) is 3.68. The van der Waals surface area contributed by atoms with Crippen LogP contribution < -0.4 is 4.90 Å². The van der Waals surface area contributed by atoms with Crippen molar-refractivity contribution in [2.75, 3.05) is 25.1 Å². The normalized spacial score (nSPS) is 17.3. The molecule has 1 aliphatic rings. The third-order valence-electron chi connectivity index (χ3n) is 3.68. The Hall–Kier alpha value is -1.61. The summed E-state index contributed by atoms with van der Waals surface area (Å²) >= 11 is 0. The number of benzene rings is 1. The fourth-order valence-electron chi connectivity index (χ4n) is 2.55. The van der Waals surface area contributed by atoms with E-state index in [0.29, 0.717) is 6.10 Å². The second kappa shape index (κ2) is 4.94. The molecule has 0 amide bonds. The highest BCUT2D eigenvalue weighted by molar-refractivity contribution is 5.80. The molecular weight excluding hydrogens is 224 g/mol. The number of hydrogen-bond acceptors (Lipinski definition) is 3. The Morgan fingerprint density at radius 3 is 2.67 bits per heavy atom. The standard InChI is InChI=1S/C15H18N2O/c1-18-13-8-10-17(11-9-13)15-7-6-12-4-2-3-5-14(12)16-15/h2-7,13H,8-11H2,1H3. The van der Waals surface area contributed by atoms with Gasteiger partial charge in [0.1, 0.15) is 5.82 Å². The summed E-state index contributed by atoms with van der Waals surface area (Å²) in [5.41, 5.74) is 1.07. The van der Waals surface area contributed by atoms with Gasteiger partial charge < -0.3 is 9.64 Å². The van der Waals surface area contributed by atoms with Gasteiger partial charge in [-0.15, -0.1) is 0 Å². The minimum absolute atomic E-state index is 0.418. The molecule has 0 unspecified atom stereocenters. The molecule has 18 heavy (non-hydrogen) atoms. The Morgan fingerprint density at radius 2 is 1.89 bits per heavy atom. The smallest absolute Gasteiger partial charge is 0.129 e. The van der Waals surface area contributed by atoms with Gasteiger partial charge in [-0.3, -0.25) is 0 Å². The second-order valence-electron chi connectivity index (χ2n) is 4.78. The first-order chi connectivity index (χ1) is 8.86. The van der Waals surface area contributed by atoms with E-state index in [1.54, 1.807) is 7.11 Å². The van der Waals surface area contributed by atoms with Gasteiger partial charge in [-0.2, -0.15) is 0 Å². The molecule has 3 heteroatoms. The predicted octanol–water partition coefficient (Wildman–Crippen LogP) is 2.85. The highest BCUT2D eigenvalue weighted by atomic mass is 16.5. The minimum Gasteiger partial charge on any atom is -0.381 e. The van der Waals surface area contributed by atoms with Crippen molar-refractivity contribution in [2.45, 2.75) is 18.9 Å². The number of methoxy groups -OCH3 is 1. The van der Waals surface area contributed by atoms with Crippen LogP contribution in [0.3, 0.4) is 0 Å². The fourth-order valence-corrected chi connectivity index (χ4v) is 2.55. The van der Waals surface area contributed by atoms with Gasteiger partial charge in [0.05, 0.1) is 11.6 Å². The van der Waals surface area contributed by atoms with Gasteiger partial charge in [-0.05, 0) is 31.0 Å². The number of rotatable bonds is 2. The topological polar surface area (TPSA) is 25.4 Å². The lowest BCUT2D eigenvalue weighted by Gasteiger charge is -2.32. The van der Waals surface area contributed by atoms with E-state index in [2.05, 4.69) is 29.2 Å². The summed E-state index contributed by atoms with van der Waals surface area (Å²) in [5.74, 6) is 1.09. The maximum atomic E-state index is 5.40. The SMILES string of the molecule is COC1CCN(c2ccc3ccccc3n2)CC1. The highest BCUT2D eigenvalue weighted by Gasteiger charge is 2.19. The summed E-state index contributed by atoms with van der Waals surface area (Å²) in [4.78, 5) is 7.08. The molecule has 1 saturated heterocycles. The highest BCUT2D eigenvalue weighted by Crippen LogP contribution is 2.22. The van der Waals surface area contributed by atoms with Crippen molar-refractivity contribution < 1.29 is 4.74 Å². The number of piperidine rings is 1. The lowest BCUT2D eigenvalue weighted by atomic mass is 10.1. The van der Waals surface area contributed by atoms with E-state index in [1.165, 1.54) is 5.39 Å². The molecule has 1 aromatic carbocycles. The van der Waals surface area contributed by atoms with Gasteiger partial charge in [0, 0.05) is 25.6 Å². The van der Waals surface area contributed by atoms with Crippen molar-refractivity contribution in [1.29, 1.82) is 0 Å². The molecule has 1 fully saturated rings. The molecule has 0 N–H and O–H groups in total. The third kappa shape index (κ3) is 2.18. The van der Waals surface area contributed by atoms with Gasteiger partial charge in [-0.25, -0.2) is 4.98 Å². The van der Waals surface area contributed by atoms with Gasteiger partial charge >= 0.3 is 0 Å². The van der Waals surface area contributed by atoms with E-state index in [-0.39, 0.29) is 0 Å². The lowest BCUT2D eigenvalue weighted by molar-refractivity contribution is 0.0818. The maximum Gasteiger partial charge on any atom is 0.129 e. The van der Waals surface area contributed by atoms with Crippen LogP contribution in [0.15, 0.2) is 36.4 Å². The van der Waals surface area contributed by atoms with Crippen LogP contribution in [0.1, 0.15) is 12.8 Å². The molecule has 0 bridgehead atoms. The number of anilines is 1. The molecule has 2 heterocycles. The van der Waals surface area contributed by atoms with Crippen LogP contribution in [-0.4, -0.2) is 31.3 Å². The van der Waals surface area contributed by atoms with Crippen LogP contribution in [0.4, 0.5) is 5.82 Å². The maximum absolute atomic E-state index is 5.40. The molecular formula is C15H18N2O. The van der Waals surface area contributed by atoms with Crippen molar-refractivity contribution in [3.63, 3.8) is 0 Å². The van der Waals surface area contributed by atoms with Gasteiger partial charge in [0.15, 0.2) is 0 Å². The molecule has 3 rings (SSSR count). The molecule has 0 aliphatic carbocycles. The molecule has 0 radical (unpaired) electrons. The first kappa shape index (κ1) is 11.5. The monoisotopic (exact) mass is 242 g/mol. The molecule has 1 aliphatic heterocycles. The second-order valence-corrected chi connectivity index (χ2v) is 4.78. The van der Waals surface area contributed by atoms with E-state index < -0.39 is 0 Å². The van der Waals surface area contributed by atoms with E-state index in [9.17, 15) is 0 Å². The molecule has 0 spiro atoms. The molecule has 3 nitrogen and oxygen atoms in total. The Labute approximate surface area is 107 Å². The van der Waals surface area contributed by atoms with Crippen LogP contribution in [0.25, 0.3) is 10.9 Å². The Bertz CT molecular complexity index is 533. The van der Waals surface area contributed by atoms with Crippen LogP contribution >= 0.6 is 0 Å². The zero-order valence-electron chi connectivity index (χ0n) is 10.7. The average Bonchev–Trinajstić information content (AvgIpc) is 2.47. The summed E-state index contributed by atoms with van der Waals surface area (Å²) in [6.45, 7) is 2.06. The predicted molar refractivity (Wildman–Crippen MR) is 74.0 cm³/mol. The average molecular weight is 242 g/mol.